The zero-order valence-electron chi connectivity index (χ0n) is 11.1. The first kappa shape index (κ1) is 17.7. The summed E-state index contributed by atoms with van der Waals surface area (Å²) in [5.41, 5.74) is 0. The molecule has 0 aromatic heterocycles. The van der Waals surface area contributed by atoms with Crippen LogP contribution in [0, 0.1) is 0 Å². The molecule has 0 aliphatic carbocycles. The molecule has 0 unspecified atom stereocenters. The minimum atomic E-state index is -3.60. The van der Waals surface area contributed by atoms with E-state index in [1.165, 1.54) is 18.2 Å². The smallest absolute Gasteiger partial charge is 0.240 e. The molecule has 0 aliphatic rings. The van der Waals surface area contributed by atoms with E-state index in [1.807, 2.05) is 0 Å². The first-order chi connectivity index (χ1) is 9.45. The second kappa shape index (κ2) is 8.81. The van der Waals surface area contributed by atoms with E-state index >= 15 is 0 Å². The van der Waals surface area contributed by atoms with Crippen LogP contribution in [-0.4, -0.2) is 41.9 Å². The van der Waals surface area contributed by atoms with Crippen molar-refractivity contribution in [3.63, 3.8) is 0 Å². The molecule has 1 N–H and O–H groups in total. The molecule has 0 amide bonds. The van der Waals surface area contributed by atoms with E-state index in [0.717, 1.165) is 0 Å². The summed E-state index contributed by atoms with van der Waals surface area (Å²) in [6, 6.07) is 4.18. The summed E-state index contributed by atoms with van der Waals surface area (Å²) in [6.07, 6.45) is 0.567. The predicted molar refractivity (Wildman–Crippen MR) is 79.0 cm³/mol. The SMILES string of the molecule is COCCOCCCNS(=O)(=O)c1cc(Cl)cc(Cl)c1. The molecule has 0 saturated carbocycles. The molecule has 0 atom stereocenters. The molecule has 1 rings (SSSR count). The predicted octanol–water partition coefficient (Wildman–Crippen LogP) is 2.32. The Morgan fingerprint density at radius 2 is 1.75 bits per heavy atom. The Kier molecular flexibility index (Phi) is 7.79. The molecule has 0 spiro atoms. The van der Waals surface area contributed by atoms with Gasteiger partial charge in [-0.1, -0.05) is 23.2 Å². The second-order valence-corrected chi connectivity index (χ2v) is 6.60. The van der Waals surface area contributed by atoms with Crippen LogP contribution in [0.5, 0.6) is 0 Å². The summed E-state index contributed by atoms with van der Waals surface area (Å²) in [5.74, 6) is 0. The fourth-order valence-corrected chi connectivity index (χ4v) is 3.19. The fourth-order valence-electron chi connectivity index (χ4n) is 1.39. The van der Waals surface area contributed by atoms with Gasteiger partial charge in [0.25, 0.3) is 0 Å². The van der Waals surface area contributed by atoms with Crippen molar-refractivity contribution in [2.45, 2.75) is 11.3 Å². The van der Waals surface area contributed by atoms with Crippen LogP contribution in [0.25, 0.3) is 0 Å². The van der Waals surface area contributed by atoms with E-state index in [4.69, 9.17) is 32.7 Å². The van der Waals surface area contributed by atoms with Crippen molar-refractivity contribution in [1.29, 1.82) is 0 Å². The summed E-state index contributed by atoms with van der Waals surface area (Å²) < 4.78 is 36.5. The van der Waals surface area contributed by atoms with E-state index in [1.54, 1.807) is 7.11 Å². The van der Waals surface area contributed by atoms with Crippen LogP contribution in [0.15, 0.2) is 23.1 Å². The number of ether oxygens (including phenoxy) is 2. The molecular weight excluding hydrogens is 325 g/mol. The van der Waals surface area contributed by atoms with E-state index in [9.17, 15) is 8.42 Å². The highest BCUT2D eigenvalue weighted by Gasteiger charge is 2.14. The quantitative estimate of drug-likeness (QED) is 0.700. The lowest BCUT2D eigenvalue weighted by molar-refractivity contribution is 0.0699. The molecule has 0 heterocycles. The zero-order chi connectivity index (χ0) is 15.0. The summed E-state index contributed by atoms with van der Waals surface area (Å²) in [6.45, 7) is 1.75. The minimum absolute atomic E-state index is 0.0512. The van der Waals surface area contributed by atoms with Crippen LogP contribution < -0.4 is 4.72 Å². The van der Waals surface area contributed by atoms with Gasteiger partial charge in [0.1, 0.15) is 0 Å². The average molecular weight is 342 g/mol. The third kappa shape index (κ3) is 6.39. The first-order valence-electron chi connectivity index (χ1n) is 5.98. The number of hydrogen-bond acceptors (Lipinski definition) is 4. The third-order valence-electron chi connectivity index (χ3n) is 2.34. The van der Waals surface area contributed by atoms with Crippen LogP contribution in [0.3, 0.4) is 0 Å². The Hall–Kier alpha value is -0.370. The number of nitrogens with one attached hydrogen (secondary N) is 1. The summed E-state index contributed by atoms with van der Waals surface area (Å²) >= 11 is 11.6. The molecule has 1 aromatic carbocycles. The van der Waals surface area contributed by atoms with E-state index in [-0.39, 0.29) is 21.5 Å². The van der Waals surface area contributed by atoms with Gasteiger partial charge in [0.2, 0.25) is 10.0 Å². The van der Waals surface area contributed by atoms with Gasteiger partial charge in [-0.3, -0.25) is 0 Å². The van der Waals surface area contributed by atoms with Crippen molar-refractivity contribution in [3.05, 3.63) is 28.2 Å². The van der Waals surface area contributed by atoms with Crippen LogP contribution >= 0.6 is 23.2 Å². The number of sulfonamides is 1. The van der Waals surface area contributed by atoms with Gasteiger partial charge in [-0.15, -0.1) is 0 Å². The van der Waals surface area contributed by atoms with Crippen LogP contribution in [0.1, 0.15) is 6.42 Å². The first-order valence-corrected chi connectivity index (χ1v) is 8.22. The highest BCUT2D eigenvalue weighted by molar-refractivity contribution is 7.89. The molecular formula is C12H17Cl2NO4S. The Bertz CT molecular complexity index is 502. The van der Waals surface area contributed by atoms with E-state index in [0.29, 0.717) is 26.2 Å². The van der Waals surface area contributed by atoms with Crippen molar-refractivity contribution in [3.8, 4) is 0 Å². The van der Waals surface area contributed by atoms with E-state index < -0.39 is 10.0 Å². The molecule has 0 radical (unpaired) electrons. The van der Waals surface area contributed by atoms with Crippen LogP contribution in [0.4, 0.5) is 0 Å². The largest absolute Gasteiger partial charge is 0.382 e. The van der Waals surface area contributed by atoms with Gasteiger partial charge in [0, 0.05) is 30.3 Å². The number of benzene rings is 1. The Balaban J connectivity index is 2.42. The molecule has 0 aliphatic heterocycles. The van der Waals surface area contributed by atoms with Crippen molar-refractivity contribution in [2.24, 2.45) is 0 Å². The number of methoxy groups -OCH3 is 1. The topological polar surface area (TPSA) is 64.6 Å². The standard InChI is InChI=1S/C12H17Cl2NO4S/c1-18-5-6-19-4-2-3-15-20(16,17)12-8-10(13)7-11(14)9-12/h7-9,15H,2-6H2,1H3. The lowest BCUT2D eigenvalue weighted by Crippen LogP contribution is -2.25. The Morgan fingerprint density at radius 1 is 1.10 bits per heavy atom. The molecule has 114 valence electrons. The Morgan fingerprint density at radius 3 is 2.35 bits per heavy atom. The maximum Gasteiger partial charge on any atom is 0.240 e. The highest BCUT2D eigenvalue weighted by atomic mass is 35.5. The number of halogens is 2. The molecule has 20 heavy (non-hydrogen) atoms. The lowest BCUT2D eigenvalue weighted by atomic mass is 10.4. The molecule has 0 bridgehead atoms. The Labute approximate surface area is 129 Å². The number of hydrogen-bond donors (Lipinski definition) is 1. The summed E-state index contributed by atoms with van der Waals surface area (Å²) in [5, 5.41) is 0.557. The normalized spacial score (nSPS) is 11.8. The van der Waals surface area contributed by atoms with E-state index in [2.05, 4.69) is 4.72 Å². The van der Waals surface area contributed by atoms with Crippen molar-refractivity contribution >= 4 is 33.2 Å². The maximum atomic E-state index is 12.0. The molecule has 0 saturated heterocycles. The third-order valence-corrected chi connectivity index (χ3v) is 4.21. The summed E-state index contributed by atoms with van der Waals surface area (Å²) in [7, 11) is -2.01. The molecule has 0 fully saturated rings. The van der Waals surface area contributed by atoms with Gasteiger partial charge < -0.3 is 9.47 Å². The minimum Gasteiger partial charge on any atom is -0.382 e. The van der Waals surface area contributed by atoms with Gasteiger partial charge in [-0.25, -0.2) is 13.1 Å². The van der Waals surface area contributed by atoms with Crippen LogP contribution in [-0.2, 0) is 19.5 Å². The van der Waals surface area contributed by atoms with Gasteiger partial charge in [0.15, 0.2) is 0 Å². The molecule has 5 nitrogen and oxygen atoms in total. The monoisotopic (exact) mass is 341 g/mol. The lowest BCUT2D eigenvalue weighted by Gasteiger charge is -2.08. The zero-order valence-corrected chi connectivity index (χ0v) is 13.4. The van der Waals surface area contributed by atoms with Gasteiger partial charge >= 0.3 is 0 Å². The maximum absolute atomic E-state index is 12.0. The fraction of sp³-hybridized carbons (Fsp3) is 0.500. The summed E-state index contributed by atoms with van der Waals surface area (Å²) in [4.78, 5) is 0.0512. The van der Waals surface area contributed by atoms with Gasteiger partial charge in [-0.2, -0.15) is 0 Å². The van der Waals surface area contributed by atoms with Crippen molar-refractivity contribution in [1.82, 2.24) is 4.72 Å². The van der Waals surface area contributed by atoms with Crippen LogP contribution in [0.2, 0.25) is 10.0 Å². The second-order valence-electron chi connectivity index (χ2n) is 3.96. The number of rotatable bonds is 9. The van der Waals surface area contributed by atoms with Crippen molar-refractivity contribution < 1.29 is 17.9 Å². The average Bonchev–Trinajstić information content (AvgIpc) is 2.36. The van der Waals surface area contributed by atoms with Crippen molar-refractivity contribution in [2.75, 3.05) is 33.5 Å². The highest BCUT2D eigenvalue weighted by Crippen LogP contribution is 2.22. The molecule has 8 heteroatoms. The molecule has 1 aromatic rings. The van der Waals surface area contributed by atoms with Gasteiger partial charge in [-0.05, 0) is 24.6 Å². The van der Waals surface area contributed by atoms with Gasteiger partial charge in [0.05, 0.1) is 18.1 Å².